The molecule has 2 rings (SSSR count). The number of hydrogen-bond acceptors (Lipinski definition) is 5. The van der Waals surface area contributed by atoms with Crippen LogP contribution in [0.3, 0.4) is 0 Å². The number of benzene rings is 1. The molecule has 1 aliphatic carbocycles. The zero-order chi connectivity index (χ0) is 15.6. The highest BCUT2D eigenvalue weighted by molar-refractivity contribution is 5.45. The average molecular weight is 291 g/mol. The van der Waals surface area contributed by atoms with E-state index < -0.39 is 10.5 Å². The lowest BCUT2D eigenvalue weighted by atomic mass is 9.85. The summed E-state index contributed by atoms with van der Waals surface area (Å²) in [6.07, 6.45) is 4.66. The largest absolute Gasteiger partial charge is 0.504 e. The smallest absolute Gasteiger partial charge is 0.265 e. The molecular weight excluding hydrogens is 274 g/mol. The fourth-order valence-corrected chi connectivity index (χ4v) is 2.12. The summed E-state index contributed by atoms with van der Waals surface area (Å²) in [7, 11) is 1.47. The van der Waals surface area contributed by atoms with Crippen LogP contribution < -0.4 is 9.47 Å². The van der Waals surface area contributed by atoms with Crippen LogP contribution in [0.15, 0.2) is 42.1 Å². The van der Waals surface area contributed by atoms with Crippen molar-refractivity contribution in [2.75, 3.05) is 7.11 Å². The maximum absolute atomic E-state index is 10.8. The van der Waals surface area contributed by atoms with Crippen molar-refractivity contribution in [3.63, 3.8) is 0 Å². The number of rotatable bonds is 4. The Morgan fingerprint density at radius 1 is 1.43 bits per heavy atom. The van der Waals surface area contributed by atoms with Gasteiger partial charge in [0.15, 0.2) is 11.5 Å². The first-order valence-electron chi connectivity index (χ1n) is 6.47. The third kappa shape index (κ3) is 2.99. The molecule has 112 valence electrons. The summed E-state index contributed by atoms with van der Waals surface area (Å²) in [5.74, 6) is 0.611. The van der Waals surface area contributed by atoms with E-state index in [2.05, 4.69) is 0 Å². The average Bonchev–Trinajstić information content (AvgIpc) is 2.42. The van der Waals surface area contributed by atoms with E-state index in [1.165, 1.54) is 19.3 Å². The van der Waals surface area contributed by atoms with Gasteiger partial charge in [0.05, 0.1) is 12.0 Å². The van der Waals surface area contributed by atoms with Gasteiger partial charge in [-0.1, -0.05) is 6.92 Å². The molecular formula is C15H17NO5. The monoisotopic (exact) mass is 291 g/mol. The number of allylic oxidation sites excluding steroid dienone is 1. The number of methoxy groups -OCH3 is 1. The highest BCUT2D eigenvalue weighted by Gasteiger charge is 2.34. The molecule has 0 aliphatic heterocycles. The second-order valence-corrected chi connectivity index (χ2v) is 5.09. The quantitative estimate of drug-likeness (QED) is 0.681. The van der Waals surface area contributed by atoms with Crippen molar-refractivity contribution in [2.45, 2.75) is 19.4 Å². The van der Waals surface area contributed by atoms with Crippen molar-refractivity contribution >= 4 is 0 Å². The minimum atomic E-state index is -0.722. The zero-order valence-corrected chi connectivity index (χ0v) is 12.1. The first-order chi connectivity index (χ1) is 9.85. The van der Waals surface area contributed by atoms with Gasteiger partial charge in [0.2, 0.25) is 0 Å². The number of aromatic hydroxyl groups is 1. The molecule has 21 heavy (non-hydrogen) atoms. The molecule has 0 saturated carbocycles. The molecule has 0 amide bonds. The molecule has 1 aromatic rings. The number of hydrogen-bond donors (Lipinski definition) is 1. The van der Waals surface area contributed by atoms with Crippen molar-refractivity contribution < 1.29 is 19.5 Å². The number of phenols is 1. The van der Waals surface area contributed by atoms with Gasteiger partial charge in [0.25, 0.3) is 5.70 Å². The summed E-state index contributed by atoms with van der Waals surface area (Å²) >= 11 is 0. The lowest BCUT2D eigenvalue weighted by Gasteiger charge is -2.33. The molecule has 2 unspecified atom stereocenters. The van der Waals surface area contributed by atoms with E-state index in [0.717, 1.165) is 0 Å². The van der Waals surface area contributed by atoms with Crippen molar-refractivity contribution in [3.8, 4) is 17.2 Å². The minimum absolute atomic E-state index is 0.0208. The Bertz CT molecular complexity index is 622. The predicted molar refractivity (Wildman–Crippen MR) is 77.1 cm³/mol. The molecule has 6 heteroatoms. The predicted octanol–water partition coefficient (Wildman–Crippen LogP) is 2.90. The normalized spacial score (nSPS) is 24.3. The zero-order valence-electron chi connectivity index (χ0n) is 12.1. The molecule has 0 aromatic heterocycles. The molecule has 0 heterocycles. The first kappa shape index (κ1) is 14.9. The minimum Gasteiger partial charge on any atom is -0.504 e. The topological polar surface area (TPSA) is 81.8 Å². The van der Waals surface area contributed by atoms with Crippen LogP contribution in [0.5, 0.6) is 17.2 Å². The van der Waals surface area contributed by atoms with Crippen molar-refractivity contribution in [1.29, 1.82) is 0 Å². The standard InChI is InChI=1S/C15H17NO5/c1-10-8-11(16(18)19)6-7-15(10,2)21-12-4-5-14(20-3)13(17)9-12/h4-10,17H,1-3H3. The molecule has 2 atom stereocenters. The Kier molecular flexibility index (Phi) is 3.88. The molecule has 0 fully saturated rings. The lowest BCUT2D eigenvalue weighted by Crippen LogP contribution is -2.38. The van der Waals surface area contributed by atoms with Crippen LogP contribution in [0.25, 0.3) is 0 Å². The fraction of sp³-hybridized carbons (Fsp3) is 0.333. The van der Waals surface area contributed by atoms with Gasteiger partial charge >= 0.3 is 0 Å². The third-order valence-corrected chi connectivity index (χ3v) is 3.61. The number of nitrogens with zero attached hydrogens (tertiary/aromatic N) is 1. The number of nitro groups is 1. The van der Waals surface area contributed by atoms with Crippen LogP contribution >= 0.6 is 0 Å². The molecule has 1 aromatic carbocycles. The SMILES string of the molecule is COc1ccc(OC2(C)C=CC([N+](=O)[O-])=CC2C)cc1O. The van der Waals surface area contributed by atoms with Gasteiger partial charge in [0, 0.05) is 24.1 Å². The van der Waals surface area contributed by atoms with E-state index >= 15 is 0 Å². The molecule has 6 nitrogen and oxygen atoms in total. The Morgan fingerprint density at radius 2 is 2.14 bits per heavy atom. The van der Waals surface area contributed by atoms with Gasteiger partial charge in [-0.2, -0.15) is 0 Å². The van der Waals surface area contributed by atoms with E-state index in [1.807, 2.05) is 13.8 Å². The van der Waals surface area contributed by atoms with Crippen LogP contribution in [0.4, 0.5) is 0 Å². The molecule has 0 bridgehead atoms. The lowest BCUT2D eigenvalue weighted by molar-refractivity contribution is -0.420. The maximum atomic E-state index is 10.8. The second kappa shape index (κ2) is 5.47. The fourth-order valence-electron chi connectivity index (χ4n) is 2.12. The van der Waals surface area contributed by atoms with Crippen molar-refractivity contribution in [2.24, 2.45) is 5.92 Å². The number of ether oxygens (including phenoxy) is 2. The Hall–Kier alpha value is -2.50. The number of phenolic OH excluding ortho intramolecular Hbond substituents is 1. The van der Waals surface area contributed by atoms with Gasteiger partial charge in [-0.05, 0) is 25.1 Å². The Balaban J connectivity index is 2.22. The molecule has 0 saturated heterocycles. The summed E-state index contributed by atoms with van der Waals surface area (Å²) in [4.78, 5) is 10.4. The molecule has 1 aliphatic rings. The highest BCUT2D eigenvalue weighted by Crippen LogP contribution is 2.35. The van der Waals surface area contributed by atoms with Gasteiger partial charge < -0.3 is 14.6 Å². The van der Waals surface area contributed by atoms with Gasteiger partial charge in [0.1, 0.15) is 11.4 Å². The van der Waals surface area contributed by atoms with E-state index in [9.17, 15) is 15.2 Å². The highest BCUT2D eigenvalue weighted by atomic mass is 16.6. The molecule has 1 N–H and O–H groups in total. The Morgan fingerprint density at radius 3 is 2.67 bits per heavy atom. The summed E-state index contributed by atoms with van der Waals surface area (Å²) in [6, 6.07) is 4.73. The van der Waals surface area contributed by atoms with E-state index in [-0.39, 0.29) is 17.4 Å². The van der Waals surface area contributed by atoms with E-state index in [0.29, 0.717) is 11.5 Å². The van der Waals surface area contributed by atoms with E-state index in [4.69, 9.17) is 9.47 Å². The molecule has 0 spiro atoms. The summed E-state index contributed by atoms with van der Waals surface area (Å²) < 4.78 is 10.9. The first-order valence-corrected chi connectivity index (χ1v) is 6.47. The second-order valence-electron chi connectivity index (χ2n) is 5.09. The van der Waals surface area contributed by atoms with Crippen LogP contribution in [-0.2, 0) is 0 Å². The van der Waals surface area contributed by atoms with Crippen molar-refractivity contribution in [1.82, 2.24) is 0 Å². The summed E-state index contributed by atoms with van der Waals surface area (Å²) in [5, 5.41) is 20.5. The van der Waals surface area contributed by atoms with E-state index in [1.54, 1.807) is 24.3 Å². The Labute approximate surface area is 122 Å². The van der Waals surface area contributed by atoms with Crippen molar-refractivity contribution in [3.05, 3.63) is 52.2 Å². The van der Waals surface area contributed by atoms with Crippen LogP contribution in [0, 0.1) is 16.0 Å². The van der Waals surface area contributed by atoms with Crippen LogP contribution in [0.2, 0.25) is 0 Å². The summed E-state index contributed by atoms with van der Waals surface area (Å²) in [5.41, 5.74) is -0.665. The molecule has 0 radical (unpaired) electrons. The van der Waals surface area contributed by atoms with Gasteiger partial charge in [-0.25, -0.2) is 0 Å². The maximum Gasteiger partial charge on any atom is 0.265 e. The van der Waals surface area contributed by atoms with Gasteiger partial charge in [-0.3, -0.25) is 10.1 Å². The van der Waals surface area contributed by atoms with Gasteiger partial charge in [-0.15, -0.1) is 0 Å². The summed E-state index contributed by atoms with van der Waals surface area (Å²) in [6.45, 7) is 3.68. The third-order valence-electron chi connectivity index (χ3n) is 3.61. The van der Waals surface area contributed by atoms with Crippen LogP contribution in [0.1, 0.15) is 13.8 Å². The van der Waals surface area contributed by atoms with Crippen LogP contribution in [-0.4, -0.2) is 22.7 Å².